The molecule has 0 aromatic carbocycles. The van der Waals surface area contributed by atoms with Gasteiger partial charge in [0.05, 0.1) is 0 Å². The summed E-state index contributed by atoms with van der Waals surface area (Å²) in [5.41, 5.74) is 7.24. The van der Waals surface area contributed by atoms with Crippen molar-refractivity contribution in [3.63, 3.8) is 0 Å². The Morgan fingerprint density at radius 2 is 2.10 bits per heavy atom. The van der Waals surface area contributed by atoms with Crippen molar-refractivity contribution >= 4 is 11.9 Å². The third kappa shape index (κ3) is 4.02. The molecule has 0 N–H and O–H groups in total. The van der Waals surface area contributed by atoms with Gasteiger partial charge >= 0.3 is 0 Å². The first kappa shape index (κ1) is 17.1. The second-order valence-electron chi connectivity index (χ2n) is 5.82. The van der Waals surface area contributed by atoms with Gasteiger partial charge in [0, 0.05) is 5.92 Å². The predicted molar refractivity (Wildman–Crippen MR) is 88.5 cm³/mol. The summed E-state index contributed by atoms with van der Waals surface area (Å²) in [4.78, 5) is 0. The Labute approximate surface area is 129 Å². The van der Waals surface area contributed by atoms with Crippen LogP contribution < -0.4 is 0 Å². The first-order chi connectivity index (χ1) is 9.42. The van der Waals surface area contributed by atoms with Gasteiger partial charge in [-0.3, -0.25) is 0 Å². The Balaban J connectivity index is 3.10. The van der Waals surface area contributed by atoms with Crippen LogP contribution in [0.3, 0.4) is 0 Å². The highest BCUT2D eigenvalue weighted by Crippen LogP contribution is 2.36. The van der Waals surface area contributed by atoms with Gasteiger partial charge in [-0.15, -0.1) is 0 Å². The zero-order chi connectivity index (χ0) is 15.3. The van der Waals surface area contributed by atoms with Crippen molar-refractivity contribution in [3.05, 3.63) is 46.3 Å². The molecule has 1 nitrogen and oxygen atoms in total. The van der Waals surface area contributed by atoms with Gasteiger partial charge in [-0.05, 0) is 63.2 Å². The molecular formula is C18H27ClO. The van der Waals surface area contributed by atoms with E-state index in [9.17, 15) is 0 Å². The molecule has 1 atom stereocenters. The third-order valence-corrected chi connectivity index (χ3v) is 4.64. The van der Waals surface area contributed by atoms with E-state index in [-0.39, 0.29) is 5.92 Å². The van der Waals surface area contributed by atoms with Crippen LogP contribution in [0, 0.1) is 5.92 Å². The Morgan fingerprint density at radius 1 is 1.45 bits per heavy atom. The van der Waals surface area contributed by atoms with Crippen molar-refractivity contribution in [3.8, 4) is 0 Å². The standard InChI is InChI=1S/C18H27ClO/c1-7-12(2)18(11-14(4)16(6)20-19)17-10-8-9-13(3)15(17)5/h10,14H,6-9,11H2,1-5H3/b18-12-. The summed E-state index contributed by atoms with van der Waals surface area (Å²) < 4.78 is 4.79. The molecule has 0 fully saturated rings. The van der Waals surface area contributed by atoms with E-state index in [4.69, 9.17) is 16.2 Å². The van der Waals surface area contributed by atoms with Gasteiger partial charge in [-0.1, -0.05) is 37.6 Å². The van der Waals surface area contributed by atoms with Gasteiger partial charge in [0.15, 0.2) is 0 Å². The van der Waals surface area contributed by atoms with E-state index in [1.807, 2.05) is 0 Å². The molecule has 0 bridgehead atoms. The Kier molecular flexibility index (Phi) is 6.61. The Bertz CT molecular complexity index is 466. The lowest BCUT2D eigenvalue weighted by atomic mass is 9.82. The summed E-state index contributed by atoms with van der Waals surface area (Å²) in [6.45, 7) is 14.9. The number of hydrogen-bond acceptors (Lipinski definition) is 1. The van der Waals surface area contributed by atoms with Crippen LogP contribution >= 0.6 is 11.9 Å². The van der Waals surface area contributed by atoms with Crippen LogP contribution in [0.1, 0.15) is 60.3 Å². The lowest BCUT2D eigenvalue weighted by Gasteiger charge is -2.24. The van der Waals surface area contributed by atoms with Crippen LogP contribution in [0.15, 0.2) is 46.3 Å². The number of rotatable bonds is 6. The van der Waals surface area contributed by atoms with Crippen molar-refractivity contribution in [2.24, 2.45) is 5.92 Å². The van der Waals surface area contributed by atoms with Crippen LogP contribution in [-0.2, 0) is 4.29 Å². The summed E-state index contributed by atoms with van der Waals surface area (Å²) in [6, 6.07) is 0. The lowest BCUT2D eigenvalue weighted by Crippen LogP contribution is -2.07. The molecule has 0 spiro atoms. The largest absolute Gasteiger partial charge is 0.390 e. The minimum Gasteiger partial charge on any atom is -0.390 e. The minimum atomic E-state index is 0.222. The molecule has 1 aliphatic carbocycles. The van der Waals surface area contributed by atoms with E-state index in [1.165, 1.54) is 34.3 Å². The van der Waals surface area contributed by atoms with Crippen molar-refractivity contribution in [1.82, 2.24) is 0 Å². The molecule has 0 saturated heterocycles. The Morgan fingerprint density at radius 3 is 2.65 bits per heavy atom. The molecule has 0 aromatic heterocycles. The van der Waals surface area contributed by atoms with Crippen LogP contribution in [0.2, 0.25) is 0 Å². The molecular weight excluding hydrogens is 268 g/mol. The number of hydrogen-bond donors (Lipinski definition) is 0. The van der Waals surface area contributed by atoms with Gasteiger partial charge in [0.25, 0.3) is 0 Å². The quantitative estimate of drug-likeness (QED) is 0.509. The van der Waals surface area contributed by atoms with E-state index in [0.29, 0.717) is 5.76 Å². The van der Waals surface area contributed by atoms with Gasteiger partial charge < -0.3 is 4.29 Å². The average molecular weight is 295 g/mol. The molecule has 0 heterocycles. The minimum absolute atomic E-state index is 0.222. The van der Waals surface area contributed by atoms with Gasteiger partial charge in [-0.2, -0.15) is 0 Å². The van der Waals surface area contributed by atoms with Crippen LogP contribution in [-0.4, -0.2) is 0 Å². The molecule has 1 rings (SSSR count). The molecule has 20 heavy (non-hydrogen) atoms. The van der Waals surface area contributed by atoms with Gasteiger partial charge in [-0.25, -0.2) is 0 Å². The molecule has 0 aromatic rings. The zero-order valence-corrected chi connectivity index (χ0v) is 14.2. The molecule has 2 heteroatoms. The van der Waals surface area contributed by atoms with E-state index in [1.54, 1.807) is 0 Å². The summed E-state index contributed by atoms with van der Waals surface area (Å²) in [6.07, 6.45) is 6.71. The SMILES string of the molecule is C=C(OCl)C(C)C/C(C1=CCCC(C)=C1C)=C(\C)CC. The smallest absolute Gasteiger partial charge is 0.134 e. The van der Waals surface area contributed by atoms with Gasteiger partial charge in [0.2, 0.25) is 0 Å². The summed E-state index contributed by atoms with van der Waals surface area (Å²) in [7, 11) is 0. The first-order valence-electron chi connectivity index (χ1n) is 7.45. The summed E-state index contributed by atoms with van der Waals surface area (Å²) >= 11 is 5.44. The van der Waals surface area contributed by atoms with Crippen LogP contribution in [0.5, 0.6) is 0 Å². The monoisotopic (exact) mass is 294 g/mol. The highest BCUT2D eigenvalue weighted by atomic mass is 35.5. The van der Waals surface area contributed by atoms with Crippen molar-refractivity contribution in [1.29, 1.82) is 0 Å². The molecule has 112 valence electrons. The summed E-state index contributed by atoms with van der Waals surface area (Å²) in [5.74, 6) is 0.864. The van der Waals surface area contributed by atoms with E-state index in [0.717, 1.165) is 19.3 Å². The third-order valence-electron chi connectivity index (χ3n) is 4.44. The second kappa shape index (κ2) is 7.73. The predicted octanol–water partition coefficient (Wildman–Crippen LogP) is 6.48. The molecule has 0 radical (unpaired) electrons. The van der Waals surface area contributed by atoms with Crippen LogP contribution in [0.4, 0.5) is 0 Å². The summed E-state index contributed by atoms with van der Waals surface area (Å²) in [5, 5.41) is 0. The molecule has 0 aliphatic heterocycles. The first-order valence-corrected chi connectivity index (χ1v) is 7.76. The topological polar surface area (TPSA) is 9.23 Å². The van der Waals surface area contributed by atoms with Crippen molar-refractivity contribution in [2.45, 2.75) is 60.3 Å². The second-order valence-corrected chi connectivity index (χ2v) is 5.98. The fourth-order valence-corrected chi connectivity index (χ4v) is 2.73. The lowest BCUT2D eigenvalue weighted by molar-refractivity contribution is 0.390. The molecule has 0 saturated carbocycles. The molecule has 1 aliphatic rings. The number of halogens is 1. The number of allylic oxidation sites excluding steroid dienone is 7. The average Bonchev–Trinajstić information content (AvgIpc) is 2.46. The van der Waals surface area contributed by atoms with E-state index in [2.05, 4.69) is 47.3 Å². The molecule has 0 amide bonds. The molecule has 1 unspecified atom stereocenters. The zero-order valence-electron chi connectivity index (χ0n) is 13.5. The fraction of sp³-hybridized carbons (Fsp3) is 0.556. The maximum Gasteiger partial charge on any atom is 0.134 e. The normalized spacial score (nSPS) is 18.4. The fourth-order valence-electron chi connectivity index (χ4n) is 2.58. The Hall–Kier alpha value is -0.950. The van der Waals surface area contributed by atoms with Crippen LogP contribution in [0.25, 0.3) is 0 Å². The van der Waals surface area contributed by atoms with Crippen molar-refractivity contribution < 1.29 is 4.29 Å². The van der Waals surface area contributed by atoms with Crippen molar-refractivity contribution in [2.75, 3.05) is 0 Å². The maximum absolute atomic E-state index is 5.44. The maximum atomic E-state index is 5.44. The highest BCUT2D eigenvalue weighted by Gasteiger charge is 2.19. The van der Waals surface area contributed by atoms with E-state index < -0.39 is 0 Å². The highest BCUT2D eigenvalue weighted by molar-refractivity contribution is 6.08. The van der Waals surface area contributed by atoms with Gasteiger partial charge in [0.1, 0.15) is 17.6 Å². The van der Waals surface area contributed by atoms with E-state index >= 15 is 0 Å².